The van der Waals surface area contributed by atoms with Crippen LogP contribution in [0.5, 0.6) is 0 Å². The van der Waals surface area contributed by atoms with Crippen molar-refractivity contribution >= 4 is 34.0 Å². The van der Waals surface area contributed by atoms with Gasteiger partial charge in [0.05, 0.1) is 17.0 Å². The first-order valence-electron chi connectivity index (χ1n) is 6.17. The molecule has 0 aliphatic carbocycles. The van der Waals surface area contributed by atoms with Crippen LogP contribution in [0.1, 0.15) is 18.7 Å². The molecule has 0 fully saturated rings. The molecule has 0 aliphatic rings. The fraction of sp³-hybridized carbons (Fsp3) is 0.214. The van der Waals surface area contributed by atoms with Crippen molar-refractivity contribution in [2.45, 2.75) is 12.8 Å². The Morgan fingerprint density at radius 3 is 2.95 bits per heavy atom. The summed E-state index contributed by atoms with van der Waals surface area (Å²) in [6.45, 7) is 1.10. The molecule has 2 rings (SSSR count). The van der Waals surface area contributed by atoms with Crippen molar-refractivity contribution in [3.8, 4) is 6.07 Å². The van der Waals surface area contributed by atoms with Crippen LogP contribution in [-0.2, 0) is 9.53 Å². The summed E-state index contributed by atoms with van der Waals surface area (Å²) in [4.78, 5) is 30.3. The van der Waals surface area contributed by atoms with Crippen LogP contribution in [0, 0.1) is 17.1 Å². The normalized spacial score (nSPS) is 11.7. The Kier molecular flexibility index (Phi) is 4.58. The quantitative estimate of drug-likeness (QED) is 0.860. The third-order valence-corrected chi connectivity index (χ3v) is 2.95. The summed E-state index contributed by atoms with van der Waals surface area (Å²) in [6.07, 6.45) is 0. The Morgan fingerprint density at radius 2 is 2.32 bits per heavy atom. The van der Waals surface area contributed by atoms with Crippen LogP contribution in [0.2, 0.25) is 0 Å². The Morgan fingerprint density at radius 1 is 1.59 bits per heavy atom. The summed E-state index contributed by atoms with van der Waals surface area (Å²) in [7, 11) is 0. The van der Waals surface area contributed by atoms with Crippen LogP contribution in [0.3, 0.4) is 0 Å². The minimum absolute atomic E-state index is 0.0406. The van der Waals surface area contributed by atoms with Crippen molar-refractivity contribution in [1.29, 1.82) is 5.26 Å². The maximum Gasteiger partial charge on any atom is 0.258 e. The fourth-order valence-corrected chi connectivity index (χ4v) is 1.87. The van der Waals surface area contributed by atoms with Gasteiger partial charge in [0.1, 0.15) is 18.2 Å². The third kappa shape index (κ3) is 3.32. The third-order valence-electron chi connectivity index (χ3n) is 2.83. The zero-order valence-corrected chi connectivity index (χ0v) is 12.2. The van der Waals surface area contributed by atoms with Crippen molar-refractivity contribution in [3.05, 3.63) is 40.2 Å². The summed E-state index contributed by atoms with van der Waals surface area (Å²) in [6, 6.07) is 5.24. The monoisotopic (exact) mass is 319 g/mol. The molecule has 6 nitrogen and oxygen atoms in total. The minimum Gasteiger partial charge on any atom is -0.480 e. The number of hydrogen-bond donors (Lipinski definition) is 1. The molecule has 2 aromatic rings. The van der Waals surface area contributed by atoms with Gasteiger partial charge in [-0.3, -0.25) is 9.59 Å². The van der Waals surface area contributed by atoms with Gasteiger partial charge in [-0.25, -0.2) is 9.37 Å². The van der Waals surface area contributed by atoms with Gasteiger partial charge in [-0.2, -0.15) is 5.26 Å². The van der Waals surface area contributed by atoms with Crippen LogP contribution in [-0.4, -0.2) is 27.4 Å². The van der Waals surface area contributed by atoms with Crippen LogP contribution in [0.15, 0.2) is 23.0 Å². The first-order chi connectivity index (χ1) is 10.4. The van der Waals surface area contributed by atoms with E-state index in [4.69, 9.17) is 10.00 Å². The highest BCUT2D eigenvalue weighted by atomic mass is 32.1. The van der Waals surface area contributed by atoms with E-state index in [9.17, 15) is 14.0 Å². The van der Waals surface area contributed by atoms with Crippen LogP contribution >= 0.6 is 12.2 Å². The van der Waals surface area contributed by atoms with Gasteiger partial charge < -0.3 is 9.72 Å². The predicted octanol–water partition coefficient (Wildman–Crippen LogP) is 1.60. The fourth-order valence-electron chi connectivity index (χ4n) is 1.81. The van der Waals surface area contributed by atoms with Gasteiger partial charge in [0.15, 0.2) is 16.8 Å². The molecule has 8 heteroatoms. The zero-order chi connectivity index (χ0) is 16.3. The molecule has 112 valence electrons. The zero-order valence-electron chi connectivity index (χ0n) is 11.4. The number of ether oxygens (including phenoxy) is 1. The summed E-state index contributed by atoms with van der Waals surface area (Å²) < 4.78 is 18.0. The number of H-pyrrole nitrogens is 1. The first-order valence-corrected chi connectivity index (χ1v) is 6.58. The maximum atomic E-state index is 13.1. The second kappa shape index (κ2) is 6.41. The molecule has 1 heterocycles. The molecule has 0 saturated carbocycles. The average Bonchev–Trinajstić information content (AvgIpc) is 2.46. The number of aromatic amines is 1. The van der Waals surface area contributed by atoms with E-state index in [0.29, 0.717) is 0 Å². The molecule has 0 bridgehead atoms. The molecule has 1 aromatic heterocycles. The molecule has 0 amide bonds. The minimum atomic E-state index is -1.29. The standard InChI is InChI=1S/C14H10FN3O3S/c1-7(22)21-6-12(19)10(5-16)13-17-11-3-2-8(15)4-9(11)14(20)18-13/h2-4,10H,6H2,1H3,(H,17,18,20). The topological polar surface area (TPSA) is 95.8 Å². The molecular formula is C14H10FN3O3S. The van der Waals surface area contributed by atoms with Crippen molar-refractivity contribution in [1.82, 2.24) is 9.97 Å². The van der Waals surface area contributed by atoms with E-state index >= 15 is 0 Å². The largest absolute Gasteiger partial charge is 0.480 e. The lowest BCUT2D eigenvalue weighted by molar-refractivity contribution is -0.121. The molecular weight excluding hydrogens is 309 g/mol. The lowest BCUT2D eigenvalue weighted by Gasteiger charge is -2.09. The summed E-state index contributed by atoms with van der Waals surface area (Å²) in [5.41, 5.74) is -0.431. The van der Waals surface area contributed by atoms with E-state index < -0.39 is 29.7 Å². The molecule has 0 aliphatic heterocycles. The SMILES string of the molecule is CC(=S)OCC(=O)C(C#N)c1nc2ccc(F)cc2c(=O)[nH]1. The number of hydrogen-bond acceptors (Lipinski definition) is 6. The second-order valence-corrected chi connectivity index (χ2v) is 5.00. The molecule has 1 unspecified atom stereocenters. The van der Waals surface area contributed by atoms with Crippen molar-refractivity contribution in [2.24, 2.45) is 0 Å². The number of benzene rings is 1. The molecule has 1 aromatic carbocycles. The summed E-state index contributed by atoms with van der Waals surface area (Å²) >= 11 is 4.68. The average molecular weight is 319 g/mol. The van der Waals surface area contributed by atoms with Crippen LogP contribution in [0.4, 0.5) is 4.39 Å². The summed E-state index contributed by atoms with van der Waals surface area (Å²) in [5.74, 6) is -2.57. The first kappa shape index (κ1) is 15.7. The Hall–Kier alpha value is -2.66. The van der Waals surface area contributed by atoms with Crippen molar-refractivity contribution in [2.75, 3.05) is 6.61 Å². The highest BCUT2D eigenvalue weighted by Gasteiger charge is 2.24. The predicted molar refractivity (Wildman–Crippen MR) is 79.9 cm³/mol. The number of aromatic nitrogens is 2. The van der Waals surface area contributed by atoms with Crippen LogP contribution in [0.25, 0.3) is 10.9 Å². The number of halogens is 1. The molecule has 22 heavy (non-hydrogen) atoms. The van der Waals surface area contributed by atoms with Gasteiger partial charge in [0.2, 0.25) is 0 Å². The molecule has 0 saturated heterocycles. The van der Waals surface area contributed by atoms with Crippen LogP contribution < -0.4 is 5.56 Å². The van der Waals surface area contributed by atoms with E-state index in [-0.39, 0.29) is 21.8 Å². The van der Waals surface area contributed by atoms with Gasteiger partial charge in [-0.05, 0) is 30.4 Å². The molecule has 0 spiro atoms. The van der Waals surface area contributed by atoms with Gasteiger partial charge in [0.25, 0.3) is 5.56 Å². The van der Waals surface area contributed by atoms with E-state index in [1.54, 1.807) is 6.07 Å². The number of nitriles is 1. The van der Waals surface area contributed by atoms with Gasteiger partial charge >= 0.3 is 0 Å². The Bertz CT molecular complexity index is 857. The lowest BCUT2D eigenvalue weighted by atomic mass is 10.1. The van der Waals surface area contributed by atoms with Crippen molar-refractivity contribution < 1.29 is 13.9 Å². The number of carbonyl (C=O) groups is 1. The van der Waals surface area contributed by atoms with Crippen molar-refractivity contribution in [3.63, 3.8) is 0 Å². The highest BCUT2D eigenvalue weighted by molar-refractivity contribution is 7.80. The number of thiocarbonyl (C=S) groups is 1. The number of fused-ring (bicyclic) bond motifs is 1. The number of nitrogens with zero attached hydrogens (tertiary/aromatic N) is 2. The number of rotatable bonds is 4. The smallest absolute Gasteiger partial charge is 0.258 e. The number of Topliss-reactive ketones (excluding diaryl/α,β-unsaturated/α-hetero) is 1. The maximum absolute atomic E-state index is 13.1. The highest BCUT2D eigenvalue weighted by Crippen LogP contribution is 2.15. The Labute approximate surface area is 129 Å². The number of nitrogens with one attached hydrogen (secondary N) is 1. The lowest BCUT2D eigenvalue weighted by Crippen LogP contribution is -2.23. The number of ketones is 1. The van der Waals surface area contributed by atoms with E-state index in [1.165, 1.54) is 13.0 Å². The summed E-state index contributed by atoms with van der Waals surface area (Å²) in [5, 5.41) is 9.35. The number of carbonyl (C=O) groups excluding carboxylic acids is 1. The van der Waals surface area contributed by atoms with E-state index in [2.05, 4.69) is 22.2 Å². The van der Waals surface area contributed by atoms with Gasteiger partial charge in [-0.1, -0.05) is 0 Å². The second-order valence-electron chi connectivity index (χ2n) is 4.42. The van der Waals surface area contributed by atoms with E-state index in [0.717, 1.165) is 12.1 Å². The van der Waals surface area contributed by atoms with Gasteiger partial charge in [-0.15, -0.1) is 0 Å². The molecule has 0 radical (unpaired) electrons. The molecule has 1 N–H and O–H groups in total. The van der Waals surface area contributed by atoms with E-state index in [1.807, 2.05) is 0 Å². The van der Waals surface area contributed by atoms with Gasteiger partial charge in [0, 0.05) is 6.92 Å². The molecule has 1 atom stereocenters. The Balaban J connectivity index is 2.42.